The molecule has 2 N–H and O–H groups in total. The Bertz CT molecular complexity index is 619. The van der Waals surface area contributed by atoms with E-state index in [1.807, 2.05) is 24.3 Å². The number of pyridine rings is 1. The third-order valence-electron chi connectivity index (χ3n) is 2.30. The number of benzene rings is 1. The minimum absolute atomic E-state index is 0.0788. The van der Waals surface area contributed by atoms with Crippen molar-refractivity contribution in [3.63, 3.8) is 0 Å². The first-order valence-corrected chi connectivity index (χ1v) is 6.14. The van der Waals surface area contributed by atoms with Gasteiger partial charge in [-0.05, 0) is 12.1 Å². The monoisotopic (exact) mass is 277 g/mol. The first-order chi connectivity index (χ1) is 9.10. The van der Waals surface area contributed by atoms with E-state index in [4.69, 9.17) is 10.5 Å². The fraction of sp³-hybridized carbons (Fsp3) is 0.0833. The standard InChI is InChI=1S/C12H11N3O3S/c1-18-9-4-2-3-5-10(9)19-12-7-8(15(16)17)6-11(13)14-12/h2-7H,1H3,(H2,13,14). The summed E-state index contributed by atoms with van der Waals surface area (Å²) in [7, 11) is 1.56. The number of hydrogen-bond donors (Lipinski definition) is 1. The number of nitrogens with two attached hydrogens (primary N) is 1. The molecule has 0 radical (unpaired) electrons. The molecule has 1 aromatic heterocycles. The van der Waals surface area contributed by atoms with Crippen molar-refractivity contribution in [2.45, 2.75) is 9.92 Å². The van der Waals surface area contributed by atoms with Gasteiger partial charge >= 0.3 is 0 Å². The van der Waals surface area contributed by atoms with Gasteiger partial charge in [-0.2, -0.15) is 0 Å². The van der Waals surface area contributed by atoms with Crippen LogP contribution in [0.5, 0.6) is 5.75 Å². The largest absolute Gasteiger partial charge is 0.496 e. The number of nitrogen functional groups attached to an aromatic ring is 1. The fourth-order valence-electron chi connectivity index (χ4n) is 1.48. The number of nitrogens with zero attached hydrogens (tertiary/aromatic N) is 2. The number of ether oxygens (including phenoxy) is 1. The Morgan fingerprint density at radius 2 is 2.11 bits per heavy atom. The van der Waals surface area contributed by atoms with Crippen molar-refractivity contribution in [3.05, 3.63) is 46.5 Å². The molecule has 0 aliphatic rings. The molecule has 7 heteroatoms. The summed E-state index contributed by atoms with van der Waals surface area (Å²) in [4.78, 5) is 15.2. The van der Waals surface area contributed by atoms with Crippen LogP contribution in [0, 0.1) is 10.1 Å². The van der Waals surface area contributed by atoms with Crippen LogP contribution in [0.2, 0.25) is 0 Å². The van der Waals surface area contributed by atoms with Crippen molar-refractivity contribution in [2.75, 3.05) is 12.8 Å². The van der Waals surface area contributed by atoms with E-state index >= 15 is 0 Å². The maximum absolute atomic E-state index is 10.8. The van der Waals surface area contributed by atoms with Crippen LogP contribution in [0.4, 0.5) is 11.5 Å². The Morgan fingerprint density at radius 3 is 2.79 bits per heavy atom. The van der Waals surface area contributed by atoms with Crippen LogP contribution in [-0.4, -0.2) is 17.0 Å². The highest BCUT2D eigenvalue weighted by molar-refractivity contribution is 7.99. The van der Waals surface area contributed by atoms with Crippen molar-refractivity contribution >= 4 is 23.3 Å². The molecule has 0 unspecified atom stereocenters. The lowest BCUT2D eigenvalue weighted by molar-refractivity contribution is -0.385. The van der Waals surface area contributed by atoms with Crippen LogP contribution in [0.15, 0.2) is 46.3 Å². The van der Waals surface area contributed by atoms with Crippen LogP contribution in [0.25, 0.3) is 0 Å². The summed E-state index contributed by atoms with van der Waals surface area (Å²) in [5, 5.41) is 11.2. The van der Waals surface area contributed by atoms with Crippen LogP contribution in [0.1, 0.15) is 0 Å². The molecule has 2 aromatic rings. The van der Waals surface area contributed by atoms with E-state index in [9.17, 15) is 10.1 Å². The first kappa shape index (κ1) is 13.2. The molecule has 98 valence electrons. The van der Waals surface area contributed by atoms with Gasteiger partial charge in [0.15, 0.2) is 0 Å². The summed E-state index contributed by atoms with van der Waals surface area (Å²) in [6, 6.07) is 9.96. The molecule has 0 bridgehead atoms. The van der Waals surface area contributed by atoms with Crippen molar-refractivity contribution in [1.82, 2.24) is 4.98 Å². The molecule has 0 fully saturated rings. The van der Waals surface area contributed by atoms with Crippen molar-refractivity contribution in [2.24, 2.45) is 0 Å². The van der Waals surface area contributed by atoms with Crippen molar-refractivity contribution in [1.29, 1.82) is 0 Å². The van der Waals surface area contributed by atoms with E-state index in [1.54, 1.807) is 7.11 Å². The molecule has 0 saturated heterocycles. The maximum Gasteiger partial charge on any atom is 0.275 e. The van der Waals surface area contributed by atoms with E-state index < -0.39 is 4.92 Å². The fourth-order valence-corrected chi connectivity index (χ4v) is 2.44. The second-order valence-electron chi connectivity index (χ2n) is 3.60. The Balaban J connectivity index is 2.35. The predicted octanol–water partition coefficient (Wildman–Crippen LogP) is 2.73. The van der Waals surface area contributed by atoms with Gasteiger partial charge in [0.1, 0.15) is 16.6 Å². The molecule has 1 aromatic carbocycles. The predicted molar refractivity (Wildman–Crippen MR) is 72.4 cm³/mol. The minimum Gasteiger partial charge on any atom is -0.496 e. The molecule has 0 amide bonds. The summed E-state index contributed by atoms with van der Waals surface area (Å²) in [6.45, 7) is 0. The van der Waals surface area contributed by atoms with Gasteiger partial charge < -0.3 is 10.5 Å². The third kappa shape index (κ3) is 3.14. The zero-order valence-electron chi connectivity index (χ0n) is 10.1. The lowest BCUT2D eigenvalue weighted by Gasteiger charge is -2.07. The third-order valence-corrected chi connectivity index (χ3v) is 3.28. The summed E-state index contributed by atoms with van der Waals surface area (Å²) in [5.41, 5.74) is 5.48. The van der Waals surface area contributed by atoms with E-state index in [0.29, 0.717) is 10.8 Å². The van der Waals surface area contributed by atoms with Gasteiger partial charge in [0.05, 0.1) is 23.0 Å². The number of nitro groups is 1. The Labute approximate surface area is 113 Å². The molecule has 0 aliphatic carbocycles. The normalized spacial score (nSPS) is 10.2. The van der Waals surface area contributed by atoms with Crippen LogP contribution < -0.4 is 10.5 Å². The number of methoxy groups -OCH3 is 1. The van der Waals surface area contributed by atoms with Gasteiger partial charge in [0.2, 0.25) is 0 Å². The molecule has 0 aliphatic heterocycles. The zero-order chi connectivity index (χ0) is 13.8. The van der Waals surface area contributed by atoms with Crippen LogP contribution in [0.3, 0.4) is 0 Å². The van der Waals surface area contributed by atoms with Crippen molar-refractivity contribution in [3.8, 4) is 5.75 Å². The summed E-state index contributed by atoms with van der Waals surface area (Å²) >= 11 is 1.26. The van der Waals surface area contributed by atoms with Gasteiger partial charge in [0.25, 0.3) is 5.69 Å². The molecule has 19 heavy (non-hydrogen) atoms. The average molecular weight is 277 g/mol. The first-order valence-electron chi connectivity index (χ1n) is 5.33. The van der Waals surface area contributed by atoms with Gasteiger partial charge in [-0.15, -0.1) is 0 Å². The summed E-state index contributed by atoms with van der Waals surface area (Å²) in [6.07, 6.45) is 0. The van der Waals surface area contributed by atoms with E-state index in [2.05, 4.69) is 4.98 Å². The van der Waals surface area contributed by atoms with Gasteiger partial charge in [-0.25, -0.2) is 4.98 Å². The lowest BCUT2D eigenvalue weighted by atomic mass is 10.3. The molecule has 2 rings (SSSR count). The Morgan fingerprint density at radius 1 is 1.37 bits per heavy atom. The quantitative estimate of drug-likeness (QED) is 0.682. The number of hydrogen-bond acceptors (Lipinski definition) is 6. The molecule has 1 heterocycles. The summed E-state index contributed by atoms with van der Waals surface area (Å²) in [5.74, 6) is 0.797. The molecule has 0 saturated carbocycles. The van der Waals surface area contributed by atoms with Gasteiger partial charge in [-0.1, -0.05) is 23.9 Å². The van der Waals surface area contributed by atoms with Crippen LogP contribution >= 0.6 is 11.8 Å². The highest BCUT2D eigenvalue weighted by Crippen LogP contribution is 2.35. The number of rotatable bonds is 4. The minimum atomic E-state index is -0.496. The SMILES string of the molecule is COc1ccccc1Sc1cc([N+](=O)[O-])cc(N)n1. The van der Waals surface area contributed by atoms with Crippen molar-refractivity contribution < 1.29 is 9.66 Å². The average Bonchev–Trinajstić information content (AvgIpc) is 2.38. The van der Waals surface area contributed by atoms with Gasteiger partial charge in [-0.3, -0.25) is 10.1 Å². The zero-order valence-corrected chi connectivity index (χ0v) is 10.9. The smallest absolute Gasteiger partial charge is 0.275 e. The Hall–Kier alpha value is -2.28. The van der Waals surface area contributed by atoms with E-state index in [0.717, 1.165) is 4.90 Å². The summed E-state index contributed by atoms with van der Waals surface area (Å²) < 4.78 is 5.21. The molecule has 0 spiro atoms. The maximum atomic E-state index is 10.8. The number of anilines is 1. The highest BCUT2D eigenvalue weighted by Gasteiger charge is 2.12. The highest BCUT2D eigenvalue weighted by atomic mass is 32.2. The molecular formula is C12H11N3O3S. The molecule has 0 atom stereocenters. The van der Waals surface area contributed by atoms with Gasteiger partial charge in [0, 0.05) is 6.07 Å². The number of aromatic nitrogens is 1. The Kier molecular flexibility index (Phi) is 3.86. The topological polar surface area (TPSA) is 91.3 Å². The lowest BCUT2D eigenvalue weighted by Crippen LogP contribution is -1.96. The second kappa shape index (κ2) is 5.57. The number of para-hydroxylation sites is 1. The second-order valence-corrected chi connectivity index (χ2v) is 4.66. The van der Waals surface area contributed by atoms with E-state index in [-0.39, 0.29) is 11.5 Å². The van der Waals surface area contributed by atoms with Crippen LogP contribution in [-0.2, 0) is 0 Å². The molecule has 6 nitrogen and oxygen atoms in total. The van der Waals surface area contributed by atoms with E-state index in [1.165, 1.54) is 23.9 Å². The molecular weight excluding hydrogens is 266 g/mol.